The summed E-state index contributed by atoms with van der Waals surface area (Å²) in [7, 11) is 3.57. The van der Waals surface area contributed by atoms with Gasteiger partial charge in [-0.3, -0.25) is 9.36 Å². The highest BCUT2D eigenvalue weighted by Gasteiger charge is 2.17. The number of hydrogen-bond donors (Lipinski definition) is 0. The molecule has 0 atom stereocenters. The third kappa shape index (κ3) is 2.99. The second kappa shape index (κ2) is 7.23. The molecule has 126 valence electrons. The Kier molecular flexibility index (Phi) is 5.06. The third-order valence-electron chi connectivity index (χ3n) is 4.04. The van der Waals surface area contributed by atoms with E-state index < -0.39 is 0 Å². The Morgan fingerprint density at radius 2 is 2.00 bits per heavy atom. The molecular formula is C18H21N3O2S. The number of rotatable bonds is 6. The van der Waals surface area contributed by atoms with Crippen LogP contribution < -0.4 is 5.56 Å². The smallest absolute Gasteiger partial charge is 0.278 e. The van der Waals surface area contributed by atoms with E-state index in [1.54, 1.807) is 11.7 Å². The van der Waals surface area contributed by atoms with Gasteiger partial charge in [-0.2, -0.15) is 0 Å². The molecule has 0 unspecified atom stereocenters. The van der Waals surface area contributed by atoms with Crippen LogP contribution in [0.2, 0.25) is 0 Å². The van der Waals surface area contributed by atoms with E-state index in [-0.39, 0.29) is 5.56 Å². The highest BCUT2D eigenvalue weighted by molar-refractivity contribution is 7.98. The number of hydrogen-bond acceptors (Lipinski definition) is 4. The molecule has 0 aliphatic carbocycles. The van der Waals surface area contributed by atoms with E-state index >= 15 is 0 Å². The van der Waals surface area contributed by atoms with E-state index in [0.717, 1.165) is 28.2 Å². The maximum absolute atomic E-state index is 13.0. The number of aryl methyl sites for hydroxylation is 1. The fourth-order valence-corrected chi connectivity index (χ4v) is 3.48. The van der Waals surface area contributed by atoms with Gasteiger partial charge in [0.15, 0.2) is 5.16 Å². The molecule has 0 amide bonds. The topological polar surface area (TPSA) is 49.0 Å². The average molecular weight is 343 g/mol. The molecule has 3 aromatic rings. The summed E-state index contributed by atoms with van der Waals surface area (Å²) in [6.45, 7) is 1.23. The quantitative estimate of drug-likeness (QED) is 0.392. The van der Waals surface area contributed by atoms with Crippen molar-refractivity contribution in [3.63, 3.8) is 0 Å². The zero-order valence-corrected chi connectivity index (χ0v) is 15.0. The molecule has 0 bridgehead atoms. The number of methoxy groups -OCH3 is 1. The van der Waals surface area contributed by atoms with Crippen LogP contribution in [0.5, 0.6) is 0 Å². The predicted octanol–water partition coefficient (Wildman–Crippen LogP) is 3.16. The largest absolute Gasteiger partial charge is 0.385 e. The monoisotopic (exact) mass is 343 g/mol. The van der Waals surface area contributed by atoms with E-state index in [1.807, 2.05) is 54.4 Å². The van der Waals surface area contributed by atoms with Crippen LogP contribution in [0, 0.1) is 0 Å². The van der Waals surface area contributed by atoms with Crippen molar-refractivity contribution in [3.05, 3.63) is 46.9 Å². The highest BCUT2D eigenvalue weighted by atomic mass is 32.2. The van der Waals surface area contributed by atoms with Gasteiger partial charge in [0.1, 0.15) is 11.0 Å². The summed E-state index contributed by atoms with van der Waals surface area (Å²) in [6.07, 6.45) is 4.72. The van der Waals surface area contributed by atoms with Crippen molar-refractivity contribution in [2.45, 2.75) is 18.1 Å². The zero-order chi connectivity index (χ0) is 17.1. The Labute approximate surface area is 145 Å². The molecule has 0 saturated carbocycles. The van der Waals surface area contributed by atoms with Crippen LogP contribution in [-0.4, -0.2) is 34.1 Å². The molecule has 0 aliphatic heterocycles. The maximum Gasteiger partial charge on any atom is 0.278 e. The first-order valence-corrected chi connectivity index (χ1v) is 9.08. The molecule has 2 heterocycles. The third-order valence-corrected chi connectivity index (χ3v) is 4.72. The maximum atomic E-state index is 13.0. The van der Waals surface area contributed by atoms with Crippen molar-refractivity contribution in [2.24, 2.45) is 7.05 Å². The van der Waals surface area contributed by atoms with E-state index in [4.69, 9.17) is 9.72 Å². The normalized spacial score (nSPS) is 11.3. The lowest BCUT2D eigenvalue weighted by Gasteiger charge is -2.11. The minimum absolute atomic E-state index is 0.00475. The lowest BCUT2D eigenvalue weighted by molar-refractivity contribution is 0.189. The van der Waals surface area contributed by atoms with Crippen LogP contribution >= 0.6 is 11.8 Å². The highest BCUT2D eigenvalue weighted by Crippen LogP contribution is 2.28. The van der Waals surface area contributed by atoms with Crippen LogP contribution in [0.3, 0.4) is 0 Å². The molecule has 0 N–H and O–H groups in total. The number of aromatic nitrogens is 3. The van der Waals surface area contributed by atoms with Gasteiger partial charge in [-0.15, -0.1) is 0 Å². The first-order chi connectivity index (χ1) is 11.7. The van der Waals surface area contributed by atoms with Crippen LogP contribution in [-0.2, 0) is 18.3 Å². The van der Waals surface area contributed by atoms with Gasteiger partial charge in [0.25, 0.3) is 5.56 Å². The Morgan fingerprint density at radius 3 is 2.67 bits per heavy atom. The first-order valence-electron chi connectivity index (χ1n) is 7.85. The SMILES string of the molecule is COCCCn1c(SC)nc2c(-c3ccccc3)cn(C)c2c1=O. The second-order valence-electron chi connectivity index (χ2n) is 5.62. The van der Waals surface area contributed by atoms with Gasteiger partial charge in [0, 0.05) is 39.1 Å². The Morgan fingerprint density at radius 1 is 1.25 bits per heavy atom. The van der Waals surface area contributed by atoms with Gasteiger partial charge < -0.3 is 9.30 Å². The summed E-state index contributed by atoms with van der Waals surface area (Å²) in [4.78, 5) is 17.8. The Hall–Kier alpha value is -2.05. The molecule has 0 saturated heterocycles. The van der Waals surface area contributed by atoms with Crippen LogP contribution in [0.1, 0.15) is 6.42 Å². The summed E-state index contributed by atoms with van der Waals surface area (Å²) in [6, 6.07) is 10.1. The van der Waals surface area contributed by atoms with E-state index in [1.165, 1.54) is 11.8 Å². The first kappa shape index (κ1) is 16.8. The van der Waals surface area contributed by atoms with Gasteiger partial charge in [0.05, 0.1) is 0 Å². The second-order valence-corrected chi connectivity index (χ2v) is 6.39. The molecule has 1 aromatic carbocycles. The molecule has 0 radical (unpaired) electrons. The van der Waals surface area contributed by atoms with Crippen LogP contribution in [0.25, 0.3) is 22.2 Å². The number of benzene rings is 1. The molecule has 24 heavy (non-hydrogen) atoms. The molecule has 3 rings (SSSR count). The van der Waals surface area contributed by atoms with Gasteiger partial charge in [-0.1, -0.05) is 42.1 Å². The van der Waals surface area contributed by atoms with Crippen molar-refractivity contribution in [2.75, 3.05) is 20.0 Å². The van der Waals surface area contributed by atoms with Gasteiger partial charge in [0.2, 0.25) is 0 Å². The predicted molar refractivity (Wildman–Crippen MR) is 98.7 cm³/mol. The molecule has 0 fully saturated rings. The van der Waals surface area contributed by atoms with Crippen LogP contribution in [0.15, 0.2) is 46.5 Å². The minimum Gasteiger partial charge on any atom is -0.385 e. The molecule has 5 nitrogen and oxygen atoms in total. The summed E-state index contributed by atoms with van der Waals surface area (Å²) in [5.74, 6) is 0. The summed E-state index contributed by atoms with van der Waals surface area (Å²) >= 11 is 1.50. The number of fused-ring (bicyclic) bond motifs is 1. The number of thioether (sulfide) groups is 1. The zero-order valence-electron chi connectivity index (χ0n) is 14.2. The molecular weight excluding hydrogens is 322 g/mol. The standard InChI is InChI=1S/C18H21N3O2S/c1-20-12-14(13-8-5-4-6-9-13)15-16(20)17(22)21(10-7-11-23-2)18(19-15)24-3/h4-6,8-9,12H,7,10-11H2,1-3H3. The summed E-state index contributed by atoms with van der Waals surface area (Å²) in [5.41, 5.74) is 3.47. The minimum atomic E-state index is 0.00475. The van der Waals surface area contributed by atoms with Crippen molar-refractivity contribution in [3.8, 4) is 11.1 Å². The van der Waals surface area contributed by atoms with Crippen molar-refractivity contribution >= 4 is 22.8 Å². The molecule has 2 aromatic heterocycles. The van der Waals surface area contributed by atoms with E-state index in [2.05, 4.69) is 0 Å². The van der Waals surface area contributed by atoms with Crippen molar-refractivity contribution in [1.82, 2.24) is 14.1 Å². The summed E-state index contributed by atoms with van der Waals surface area (Å²) < 4.78 is 8.73. The molecule has 0 aliphatic rings. The Bertz CT molecular complexity index is 900. The lowest BCUT2D eigenvalue weighted by atomic mass is 10.1. The molecule has 0 spiro atoms. The number of nitrogens with zero attached hydrogens (tertiary/aromatic N) is 3. The van der Waals surface area contributed by atoms with E-state index in [0.29, 0.717) is 18.7 Å². The fourth-order valence-electron chi connectivity index (χ4n) is 2.90. The lowest BCUT2D eigenvalue weighted by Crippen LogP contribution is -2.25. The fraction of sp³-hybridized carbons (Fsp3) is 0.333. The summed E-state index contributed by atoms with van der Waals surface area (Å²) in [5, 5.41) is 0.743. The van der Waals surface area contributed by atoms with Gasteiger partial charge in [-0.25, -0.2) is 4.98 Å². The Balaban J connectivity index is 2.20. The molecule has 6 heteroatoms. The van der Waals surface area contributed by atoms with Gasteiger partial charge in [-0.05, 0) is 18.2 Å². The average Bonchev–Trinajstić information content (AvgIpc) is 2.94. The number of ether oxygens (including phenoxy) is 1. The van der Waals surface area contributed by atoms with Crippen molar-refractivity contribution < 1.29 is 4.74 Å². The van der Waals surface area contributed by atoms with Gasteiger partial charge >= 0.3 is 0 Å². The van der Waals surface area contributed by atoms with Crippen molar-refractivity contribution in [1.29, 1.82) is 0 Å². The van der Waals surface area contributed by atoms with Crippen LogP contribution in [0.4, 0.5) is 0 Å². The van der Waals surface area contributed by atoms with E-state index in [9.17, 15) is 4.79 Å².